The van der Waals surface area contributed by atoms with Crippen LogP contribution in [0.3, 0.4) is 0 Å². The molecular weight excluding hydrogens is 308 g/mol. The van der Waals surface area contributed by atoms with Crippen LogP contribution in [0.2, 0.25) is 0 Å². The van der Waals surface area contributed by atoms with Crippen molar-refractivity contribution in [2.75, 3.05) is 25.2 Å². The van der Waals surface area contributed by atoms with Crippen molar-refractivity contribution in [3.8, 4) is 5.75 Å². The summed E-state index contributed by atoms with van der Waals surface area (Å²) in [6, 6.07) is 0.938. The number of benzene rings is 1. The second-order valence-corrected chi connectivity index (χ2v) is 5.65. The summed E-state index contributed by atoms with van der Waals surface area (Å²) in [4.78, 5) is 26.4. The Morgan fingerprint density at radius 3 is 2.65 bits per heavy atom. The van der Waals surface area contributed by atoms with Gasteiger partial charge in [0.15, 0.2) is 17.3 Å². The number of carbonyl (C=O) groups is 2. The predicted octanol–water partition coefficient (Wildman–Crippen LogP) is 2.32. The van der Waals surface area contributed by atoms with Gasteiger partial charge in [-0.25, -0.2) is 4.39 Å². The number of fused-ring (bicyclic) bond motifs is 1. The number of carbonyl (C=O) groups excluding carboxylic acids is 2. The lowest BCUT2D eigenvalue weighted by Gasteiger charge is -2.35. The van der Waals surface area contributed by atoms with Crippen molar-refractivity contribution in [1.82, 2.24) is 0 Å². The fourth-order valence-electron chi connectivity index (χ4n) is 2.95. The molecular formula is C16H17F2NO4. The smallest absolute Gasteiger partial charge is 0.318 e. The molecule has 0 bridgehead atoms. The minimum absolute atomic E-state index is 0.0306. The maximum absolute atomic E-state index is 14.0. The normalized spacial score (nSPS) is 20.3. The largest absolute Gasteiger partial charge is 0.491 e. The van der Waals surface area contributed by atoms with Crippen molar-refractivity contribution < 1.29 is 27.8 Å². The Kier molecular flexibility index (Phi) is 3.95. The van der Waals surface area contributed by atoms with Gasteiger partial charge in [0, 0.05) is 18.2 Å². The molecule has 1 aliphatic heterocycles. The van der Waals surface area contributed by atoms with E-state index >= 15 is 0 Å². The summed E-state index contributed by atoms with van der Waals surface area (Å²) < 4.78 is 37.8. The van der Waals surface area contributed by atoms with Crippen molar-refractivity contribution in [1.29, 1.82) is 0 Å². The van der Waals surface area contributed by atoms with Gasteiger partial charge in [0.2, 0.25) is 5.82 Å². The van der Waals surface area contributed by atoms with E-state index in [2.05, 4.69) is 0 Å². The van der Waals surface area contributed by atoms with Crippen molar-refractivity contribution in [2.45, 2.75) is 25.8 Å². The van der Waals surface area contributed by atoms with Gasteiger partial charge in [-0.15, -0.1) is 0 Å². The highest BCUT2D eigenvalue weighted by molar-refractivity contribution is 6.14. The van der Waals surface area contributed by atoms with E-state index in [0.717, 1.165) is 18.9 Å². The third-order valence-electron chi connectivity index (χ3n) is 4.16. The summed E-state index contributed by atoms with van der Waals surface area (Å²) in [5.74, 6) is -4.82. The minimum Gasteiger partial charge on any atom is -0.491 e. The van der Waals surface area contributed by atoms with Gasteiger partial charge in [0.05, 0.1) is 19.4 Å². The van der Waals surface area contributed by atoms with E-state index in [9.17, 15) is 18.4 Å². The van der Waals surface area contributed by atoms with Gasteiger partial charge in [-0.3, -0.25) is 9.59 Å². The molecule has 0 aromatic heterocycles. The van der Waals surface area contributed by atoms with Crippen LogP contribution >= 0.6 is 0 Å². The molecule has 7 heteroatoms. The number of rotatable bonds is 4. The number of anilines is 1. The molecule has 1 aliphatic carbocycles. The number of halogens is 2. The molecule has 0 radical (unpaired) electrons. The Bertz CT molecular complexity index is 673. The molecule has 1 atom stereocenters. The number of hydrogen-bond donors (Lipinski definition) is 0. The van der Waals surface area contributed by atoms with Crippen LogP contribution in [0.5, 0.6) is 5.75 Å². The first-order chi connectivity index (χ1) is 11.0. The number of methoxy groups -OCH3 is 1. The van der Waals surface area contributed by atoms with Crippen LogP contribution in [0, 0.1) is 17.6 Å². The number of nitrogens with zero attached hydrogens (tertiary/aromatic N) is 1. The second-order valence-electron chi connectivity index (χ2n) is 5.65. The maximum Gasteiger partial charge on any atom is 0.318 e. The van der Waals surface area contributed by atoms with E-state index < -0.39 is 29.3 Å². The molecule has 1 saturated carbocycles. The quantitative estimate of drug-likeness (QED) is 0.628. The van der Waals surface area contributed by atoms with E-state index in [-0.39, 0.29) is 36.2 Å². The molecule has 5 nitrogen and oxygen atoms in total. The molecule has 124 valence electrons. The molecule has 2 aliphatic rings. The fraction of sp³-hybridized carbons (Fsp3) is 0.500. The molecule has 0 saturated heterocycles. The topological polar surface area (TPSA) is 55.8 Å². The van der Waals surface area contributed by atoms with Crippen molar-refractivity contribution in [3.63, 3.8) is 0 Å². The maximum atomic E-state index is 14.0. The number of esters is 1. The summed E-state index contributed by atoms with van der Waals surface area (Å²) in [5.41, 5.74) is 0.205. The lowest BCUT2D eigenvalue weighted by Crippen LogP contribution is -2.45. The number of hydrogen-bond acceptors (Lipinski definition) is 5. The number of ether oxygens (including phenoxy) is 2. The SMILES string of the molecule is CCOC(=O)C1CN(C2CC2)c2c(cc(F)c(F)c2OC)C1=O. The summed E-state index contributed by atoms with van der Waals surface area (Å²) in [6.07, 6.45) is 1.73. The Morgan fingerprint density at radius 1 is 1.39 bits per heavy atom. The van der Waals surface area contributed by atoms with E-state index in [1.807, 2.05) is 0 Å². The summed E-state index contributed by atoms with van der Waals surface area (Å²) >= 11 is 0. The molecule has 1 aromatic carbocycles. The van der Waals surface area contributed by atoms with Crippen LogP contribution in [0.15, 0.2) is 6.07 Å². The number of Topliss-reactive ketones (excluding diaryl/α,β-unsaturated/α-hetero) is 1. The highest BCUT2D eigenvalue weighted by Crippen LogP contribution is 2.45. The molecule has 0 amide bonds. The molecule has 1 unspecified atom stereocenters. The van der Waals surface area contributed by atoms with E-state index in [4.69, 9.17) is 9.47 Å². The van der Waals surface area contributed by atoms with Crippen LogP contribution in [-0.2, 0) is 9.53 Å². The summed E-state index contributed by atoms with van der Waals surface area (Å²) in [5, 5.41) is 0. The monoisotopic (exact) mass is 325 g/mol. The third-order valence-corrected chi connectivity index (χ3v) is 4.16. The van der Waals surface area contributed by atoms with Gasteiger partial charge in [-0.1, -0.05) is 0 Å². The zero-order valence-corrected chi connectivity index (χ0v) is 12.9. The van der Waals surface area contributed by atoms with E-state index in [1.165, 1.54) is 7.11 Å². The Balaban J connectivity index is 2.12. The highest BCUT2D eigenvalue weighted by Gasteiger charge is 2.45. The van der Waals surface area contributed by atoms with Crippen molar-refractivity contribution >= 4 is 17.4 Å². The van der Waals surface area contributed by atoms with E-state index in [0.29, 0.717) is 0 Å². The first-order valence-electron chi connectivity index (χ1n) is 7.53. The van der Waals surface area contributed by atoms with Crippen LogP contribution in [0.1, 0.15) is 30.1 Å². The molecule has 1 aromatic rings. The molecule has 1 fully saturated rings. The summed E-state index contributed by atoms with van der Waals surface area (Å²) in [7, 11) is 1.23. The molecule has 0 spiro atoms. The molecule has 23 heavy (non-hydrogen) atoms. The average molecular weight is 325 g/mol. The first-order valence-corrected chi connectivity index (χ1v) is 7.53. The van der Waals surface area contributed by atoms with Crippen LogP contribution in [-0.4, -0.2) is 38.1 Å². The van der Waals surface area contributed by atoms with Crippen molar-refractivity contribution in [2.24, 2.45) is 5.92 Å². The van der Waals surface area contributed by atoms with Crippen molar-refractivity contribution in [3.05, 3.63) is 23.3 Å². The molecule has 1 heterocycles. The third kappa shape index (κ3) is 2.54. The Hall–Kier alpha value is -2.18. The lowest BCUT2D eigenvalue weighted by atomic mass is 9.90. The highest BCUT2D eigenvalue weighted by atomic mass is 19.2. The minimum atomic E-state index is -1.17. The Morgan fingerprint density at radius 2 is 2.09 bits per heavy atom. The van der Waals surface area contributed by atoms with Gasteiger partial charge >= 0.3 is 5.97 Å². The van der Waals surface area contributed by atoms with E-state index in [1.54, 1.807) is 11.8 Å². The van der Waals surface area contributed by atoms with Crippen LogP contribution < -0.4 is 9.64 Å². The molecule has 3 rings (SSSR count). The zero-order chi connectivity index (χ0) is 16.7. The van der Waals surface area contributed by atoms with Gasteiger partial charge < -0.3 is 14.4 Å². The van der Waals surface area contributed by atoms with Crippen LogP contribution in [0.25, 0.3) is 0 Å². The van der Waals surface area contributed by atoms with Gasteiger partial charge in [0.25, 0.3) is 0 Å². The van der Waals surface area contributed by atoms with Gasteiger partial charge in [-0.05, 0) is 25.8 Å². The molecule has 0 N–H and O–H groups in total. The number of ketones is 1. The first kappa shape index (κ1) is 15.7. The Labute approximate surface area is 132 Å². The average Bonchev–Trinajstić information content (AvgIpc) is 3.35. The summed E-state index contributed by atoms with van der Waals surface area (Å²) in [6.45, 7) is 1.90. The predicted molar refractivity (Wildman–Crippen MR) is 77.7 cm³/mol. The lowest BCUT2D eigenvalue weighted by molar-refractivity contribution is -0.145. The second kappa shape index (κ2) is 5.79. The van der Waals surface area contributed by atoms with Gasteiger partial charge in [0.1, 0.15) is 5.92 Å². The zero-order valence-electron chi connectivity index (χ0n) is 12.9. The van der Waals surface area contributed by atoms with Gasteiger partial charge in [-0.2, -0.15) is 4.39 Å². The standard InChI is InChI=1S/C16H17F2NO4/c1-3-23-16(21)10-7-19(8-4-5-8)13-9(14(10)20)6-11(17)12(18)15(13)22-2/h6,8,10H,3-5,7H2,1-2H3. The fourth-order valence-corrected chi connectivity index (χ4v) is 2.95. The van der Waals surface area contributed by atoms with Crippen LogP contribution in [0.4, 0.5) is 14.5 Å².